The molecule has 0 bridgehead atoms. The highest BCUT2D eigenvalue weighted by Gasteiger charge is 2.33. The molecule has 0 spiro atoms. The van der Waals surface area contributed by atoms with E-state index in [0.29, 0.717) is 18.5 Å². The third-order valence-corrected chi connectivity index (χ3v) is 4.23. The van der Waals surface area contributed by atoms with Gasteiger partial charge >= 0.3 is 0 Å². The van der Waals surface area contributed by atoms with E-state index in [4.69, 9.17) is 10.5 Å². The number of ether oxygens (including phenoxy) is 1. The molecule has 2 unspecified atom stereocenters. The van der Waals surface area contributed by atoms with Crippen molar-refractivity contribution in [3.8, 4) is 0 Å². The van der Waals surface area contributed by atoms with Gasteiger partial charge in [-0.2, -0.15) is 0 Å². The molecule has 3 heteroatoms. The van der Waals surface area contributed by atoms with Crippen molar-refractivity contribution in [3.63, 3.8) is 0 Å². The molecule has 1 saturated heterocycles. The first kappa shape index (κ1) is 15.5. The van der Waals surface area contributed by atoms with Crippen LogP contribution in [0, 0.1) is 0 Å². The van der Waals surface area contributed by atoms with Crippen LogP contribution < -0.4 is 5.73 Å². The Hall–Kier alpha value is -0.900. The van der Waals surface area contributed by atoms with Crippen molar-refractivity contribution in [3.05, 3.63) is 35.4 Å². The molecule has 2 rings (SSSR count). The van der Waals surface area contributed by atoms with Crippen LogP contribution in [0.15, 0.2) is 24.3 Å². The molecule has 0 aromatic heterocycles. The number of hydrogen-bond donors (Lipinski definition) is 1. The lowest BCUT2D eigenvalue weighted by atomic mass is 9.94. The Morgan fingerprint density at radius 2 is 1.85 bits per heavy atom. The number of rotatable bonds is 4. The van der Waals surface area contributed by atoms with Crippen LogP contribution in [-0.2, 0) is 4.74 Å². The molecule has 1 aromatic carbocycles. The van der Waals surface area contributed by atoms with Crippen LogP contribution in [0.3, 0.4) is 0 Å². The highest BCUT2D eigenvalue weighted by molar-refractivity contribution is 5.28. The van der Waals surface area contributed by atoms with Gasteiger partial charge in [-0.1, -0.05) is 38.1 Å². The third kappa shape index (κ3) is 3.22. The number of benzene rings is 1. The Kier molecular flexibility index (Phi) is 5.19. The van der Waals surface area contributed by atoms with Crippen LogP contribution in [0.2, 0.25) is 0 Å². The van der Waals surface area contributed by atoms with E-state index in [1.54, 1.807) is 0 Å². The Morgan fingerprint density at radius 3 is 2.35 bits per heavy atom. The highest BCUT2D eigenvalue weighted by atomic mass is 16.5. The molecule has 2 atom stereocenters. The fourth-order valence-corrected chi connectivity index (χ4v) is 3.01. The van der Waals surface area contributed by atoms with E-state index in [1.165, 1.54) is 11.1 Å². The minimum absolute atomic E-state index is 0.0936. The van der Waals surface area contributed by atoms with Crippen molar-refractivity contribution in [1.82, 2.24) is 4.90 Å². The zero-order valence-corrected chi connectivity index (χ0v) is 13.2. The molecule has 20 heavy (non-hydrogen) atoms. The average Bonchev–Trinajstić information content (AvgIpc) is 2.46. The molecule has 0 aliphatic carbocycles. The van der Waals surface area contributed by atoms with E-state index in [-0.39, 0.29) is 12.1 Å². The van der Waals surface area contributed by atoms with Gasteiger partial charge in [0.25, 0.3) is 0 Å². The molecule has 0 saturated carbocycles. The van der Waals surface area contributed by atoms with E-state index in [2.05, 4.69) is 56.9 Å². The van der Waals surface area contributed by atoms with Crippen molar-refractivity contribution >= 4 is 0 Å². The van der Waals surface area contributed by atoms with Crippen molar-refractivity contribution in [2.24, 2.45) is 5.73 Å². The lowest BCUT2D eigenvalue weighted by Crippen LogP contribution is -2.50. The van der Waals surface area contributed by atoms with Gasteiger partial charge < -0.3 is 10.5 Å². The smallest absolute Gasteiger partial charge is 0.0894 e. The Labute approximate surface area is 123 Å². The van der Waals surface area contributed by atoms with Gasteiger partial charge in [-0.05, 0) is 30.9 Å². The Balaban J connectivity index is 2.28. The quantitative estimate of drug-likeness (QED) is 0.919. The summed E-state index contributed by atoms with van der Waals surface area (Å²) in [7, 11) is 0. The number of nitrogens with zero attached hydrogens (tertiary/aromatic N) is 1. The van der Waals surface area contributed by atoms with Crippen LogP contribution in [0.25, 0.3) is 0 Å². The van der Waals surface area contributed by atoms with Crippen LogP contribution in [0.4, 0.5) is 0 Å². The molecule has 3 nitrogen and oxygen atoms in total. The number of hydrogen-bond acceptors (Lipinski definition) is 3. The zero-order chi connectivity index (χ0) is 14.7. The number of nitrogens with two attached hydrogens (primary N) is 1. The van der Waals surface area contributed by atoms with Crippen molar-refractivity contribution < 1.29 is 4.74 Å². The van der Waals surface area contributed by atoms with Crippen molar-refractivity contribution in [1.29, 1.82) is 0 Å². The lowest BCUT2D eigenvalue weighted by Gasteiger charge is -2.43. The van der Waals surface area contributed by atoms with Gasteiger partial charge in [0.15, 0.2) is 0 Å². The SMILES string of the molecule is CC(C)c1ccc(C2C(CN)OCCN2C(C)C)cc1. The molecule has 1 fully saturated rings. The lowest BCUT2D eigenvalue weighted by molar-refractivity contribution is -0.0789. The first-order valence-electron chi connectivity index (χ1n) is 7.71. The molecule has 0 radical (unpaired) electrons. The first-order chi connectivity index (χ1) is 9.54. The van der Waals surface area contributed by atoms with E-state index in [0.717, 1.165) is 13.2 Å². The second-order valence-corrected chi connectivity index (χ2v) is 6.24. The van der Waals surface area contributed by atoms with Crippen molar-refractivity contribution in [2.75, 3.05) is 19.7 Å². The topological polar surface area (TPSA) is 38.5 Å². The van der Waals surface area contributed by atoms with Gasteiger partial charge in [-0.3, -0.25) is 4.90 Å². The van der Waals surface area contributed by atoms with Gasteiger partial charge in [0.2, 0.25) is 0 Å². The summed E-state index contributed by atoms with van der Waals surface area (Å²) in [4.78, 5) is 2.51. The molecule has 2 N–H and O–H groups in total. The summed E-state index contributed by atoms with van der Waals surface area (Å²) in [5, 5.41) is 0. The van der Waals surface area contributed by atoms with Gasteiger partial charge in [-0.25, -0.2) is 0 Å². The second-order valence-electron chi connectivity index (χ2n) is 6.24. The first-order valence-corrected chi connectivity index (χ1v) is 7.71. The minimum atomic E-state index is 0.0936. The maximum Gasteiger partial charge on any atom is 0.0894 e. The summed E-state index contributed by atoms with van der Waals surface area (Å²) in [6, 6.07) is 9.73. The van der Waals surface area contributed by atoms with Crippen LogP contribution in [0.1, 0.15) is 50.8 Å². The zero-order valence-electron chi connectivity index (χ0n) is 13.2. The van der Waals surface area contributed by atoms with E-state index in [9.17, 15) is 0 Å². The summed E-state index contributed by atoms with van der Waals surface area (Å²) in [6.45, 7) is 11.3. The average molecular weight is 276 g/mol. The summed E-state index contributed by atoms with van der Waals surface area (Å²) < 4.78 is 5.89. The largest absolute Gasteiger partial charge is 0.374 e. The normalized spacial score (nSPS) is 24.6. The van der Waals surface area contributed by atoms with Gasteiger partial charge in [0, 0.05) is 19.1 Å². The monoisotopic (exact) mass is 276 g/mol. The van der Waals surface area contributed by atoms with E-state index < -0.39 is 0 Å². The molecular weight excluding hydrogens is 248 g/mol. The summed E-state index contributed by atoms with van der Waals surface area (Å²) in [5.74, 6) is 0.568. The fraction of sp³-hybridized carbons (Fsp3) is 0.647. The van der Waals surface area contributed by atoms with Gasteiger partial charge in [-0.15, -0.1) is 0 Å². The molecule has 0 amide bonds. The Morgan fingerprint density at radius 1 is 1.20 bits per heavy atom. The standard InChI is InChI=1S/C17H28N2O/c1-12(2)14-5-7-15(8-6-14)17-16(11-18)20-10-9-19(17)13(3)4/h5-8,12-13,16-17H,9-11,18H2,1-4H3. The molecule has 1 aliphatic heterocycles. The molecule has 112 valence electrons. The predicted molar refractivity (Wildman–Crippen MR) is 83.9 cm³/mol. The van der Waals surface area contributed by atoms with Crippen LogP contribution in [0.5, 0.6) is 0 Å². The van der Waals surface area contributed by atoms with Crippen LogP contribution in [-0.4, -0.2) is 36.7 Å². The summed E-state index contributed by atoms with van der Waals surface area (Å²) in [6.07, 6.45) is 0.0936. The van der Waals surface area contributed by atoms with Crippen molar-refractivity contribution in [2.45, 2.75) is 51.8 Å². The Bertz CT molecular complexity index is 414. The molecular formula is C17H28N2O. The molecule has 1 aliphatic rings. The fourth-order valence-electron chi connectivity index (χ4n) is 3.01. The third-order valence-electron chi connectivity index (χ3n) is 4.23. The molecule has 1 heterocycles. The summed E-state index contributed by atoms with van der Waals surface area (Å²) >= 11 is 0. The summed E-state index contributed by atoms with van der Waals surface area (Å²) in [5.41, 5.74) is 8.62. The molecule has 1 aromatic rings. The number of morpholine rings is 1. The maximum atomic E-state index is 5.92. The van der Waals surface area contributed by atoms with E-state index in [1.807, 2.05) is 0 Å². The highest BCUT2D eigenvalue weighted by Crippen LogP contribution is 2.31. The predicted octanol–water partition coefficient (Wildman–Crippen LogP) is 2.92. The van der Waals surface area contributed by atoms with Crippen LogP contribution >= 0.6 is 0 Å². The minimum Gasteiger partial charge on any atom is -0.374 e. The maximum absolute atomic E-state index is 5.92. The second kappa shape index (κ2) is 6.70. The van der Waals surface area contributed by atoms with E-state index >= 15 is 0 Å². The van der Waals surface area contributed by atoms with Gasteiger partial charge in [0.05, 0.1) is 18.8 Å². The van der Waals surface area contributed by atoms with Gasteiger partial charge in [0.1, 0.15) is 0 Å².